The number of fused-ring (bicyclic) bond motifs is 1. The Morgan fingerprint density at radius 1 is 1.15 bits per heavy atom. The van der Waals surface area contributed by atoms with Crippen LogP contribution in [0.25, 0.3) is 16.9 Å². The molecule has 0 N–H and O–H groups in total. The molecule has 1 aliphatic carbocycles. The van der Waals surface area contributed by atoms with Crippen molar-refractivity contribution in [2.45, 2.75) is 38.4 Å². The molecule has 2 atom stereocenters. The number of rotatable bonds is 5. The van der Waals surface area contributed by atoms with Crippen molar-refractivity contribution in [2.75, 3.05) is 18.6 Å². The average molecular weight is 541 g/mol. The standard InChI is InChI=1S/C27H24F4N6O2/c1-16-12-36(15-32-16)22-7-6-17(10-23(22)39-14-27(29,30)31)20-13-37(34-33-20)24-11-26(24)9-8-18-19(28)4-3-5-21(18)35(2)25(26)38/h3-7,10,12-13,15,24H,8-9,11,14H2,1-2H3. The van der Waals surface area contributed by atoms with Gasteiger partial charge in [-0.05, 0) is 50.5 Å². The van der Waals surface area contributed by atoms with Crippen molar-refractivity contribution in [1.82, 2.24) is 24.5 Å². The van der Waals surface area contributed by atoms with Gasteiger partial charge in [-0.3, -0.25) is 4.79 Å². The number of alkyl halides is 3. The number of amides is 1. The van der Waals surface area contributed by atoms with Gasteiger partial charge in [0.05, 0.1) is 35.4 Å². The summed E-state index contributed by atoms with van der Waals surface area (Å²) in [5.74, 6) is -0.418. The summed E-state index contributed by atoms with van der Waals surface area (Å²) in [6.07, 6.45) is 1.77. The number of nitrogens with zero attached hydrogens (tertiary/aromatic N) is 6. The topological polar surface area (TPSA) is 78.1 Å². The second-order valence-corrected chi connectivity index (χ2v) is 10.1. The Labute approximate surface area is 220 Å². The second-order valence-electron chi connectivity index (χ2n) is 10.1. The first-order chi connectivity index (χ1) is 18.6. The van der Waals surface area contributed by atoms with Crippen molar-refractivity contribution in [3.05, 3.63) is 72.2 Å². The van der Waals surface area contributed by atoms with Gasteiger partial charge in [0.1, 0.15) is 17.3 Å². The number of ether oxygens (including phenoxy) is 1. The fourth-order valence-corrected chi connectivity index (χ4v) is 5.41. The Bertz CT molecular complexity index is 1580. The van der Waals surface area contributed by atoms with Gasteiger partial charge in [-0.1, -0.05) is 17.3 Å². The van der Waals surface area contributed by atoms with Crippen LogP contribution in [0.5, 0.6) is 5.75 Å². The molecule has 0 bridgehead atoms. The summed E-state index contributed by atoms with van der Waals surface area (Å²) in [5, 5.41) is 8.48. The third-order valence-electron chi connectivity index (χ3n) is 7.51. The van der Waals surface area contributed by atoms with E-state index in [1.54, 1.807) is 59.9 Å². The summed E-state index contributed by atoms with van der Waals surface area (Å²) in [6, 6.07) is 9.30. The number of imidazole rings is 1. The molecule has 1 amide bonds. The van der Waals surface area contributed by atoms with Gasteiger partial charge in [0.2, 0.25) is 5.91 Å². The molecule has 12 heteroatoms. The zero-order chi connectivity index (χ0) is 27.5. The van der Waals surface area contributed by atoms with E-state index in [-0.39, 0.29) is 23.5 Å². The minimum absolute atomic E-state index is 0.0139. The molecule has 39 heavy (non-hydrogen) atoms. The Morgan fingerprint density at radius 2 is 1.97 bits per heavy atom. The first kappa shape index (κ1) is 25.1. The van der Waals surface area contributed by atoms with E-state index in [1.165, 1.54) is 23.4 Å². The molecular weight excluding hydrogens is 516 g/mol. The van der Waals surface area contributed by atoms with E-state index in [4.69, 9.17) is 4.74 Å². The molecule has 8 nitrogen and oxygen atoms in total. The number of benzene rings is 2. The predicted octanol–water partition coefficient (Wildman–Crippen LogP) is 5.06. The zero-order valence-corrected chi connectivity index (χ0v) is 21.1. The molecular formula is C27H24F4N6O2. The smallest absolute Gasteiger partial charge is 0.422 e. The number of aryl methyl sites for hydroxylation is 1. The van der Waals surface area contributed by atoms with E-state index in [0.717, 1.165) is 0 Å². The summed E-state index contributed by atoms with van der Waals surface area (Å²) in [5.41, 5.74) is 2.40. The van der Waals surface area contributed by atoms with Gasteiger partial charge in [-0.2, -0.15) is 13.2 Å². The number of carbonyl (C=O) groups excluding carboxylic acids is 1. The molecule has 3 heterocycles. The molecule has 2 aromatic heterocycles. The molecule has 1 aliphatic heterocycles. The molecule has 2 aliphatic rings. The van der Waals surface area contributed by atoms with Crippen molar-refractivity contribution in [1.29, 1.82) is 0 Å². The van der Waals surface area contributed by atoms with Gasteiger partial charge >= 0.3 is 6.18 Å². The van der Waals surface area contributed by atoms with Crippen LogP contribution < -0.4 is 9.64 Å². The number of hydrogen-bond donors (Lipinski definition) is 0. The molecule has 1 spiro atoms. The minimum Gasteiger partial charge on any atom is -0.482 e. The summed E-state index contributed by atoms with van der Waals surface area (Å²) < 4.78 is 61.7. The third-order valence-corrected chi connectivity index (χ3v) is 7.51. The Hall–Kier alpha value is -4.22. The van der Waals surface area contributed by atoms with E-state index in [1.807, 2.05) is 0 Å². The van der Waals surface area contributed by atoms with E-state index < -0.39 is 18.2 Å². The molecule has 6 rings (SSSR count). The van der Waals surface area contributed by atoms with Crippen LogP contribution in [0.2, 0.25) is 0 Å². The maximum Gasteiger partial charge on any atom is 0.422 e. The van der Waals surface area contributed by atoms with Gasteiger partial charge < -0.3 is 14.2 Å². The van der Waals surface area contributed by atoms with Crippen LogP contribution in [0.15, 0.2) is 55.1 Å². The largest absolute Gasteiger partial charge is 0.482 e. The normalized spacial score (nSPS) is 20.7. The van der Waals surface area contributed by atoms with Crippen molar-refractivity contribution in [3.8, 4) is 22.7 Å². The number of aromatic nitrogens is 5. The Morgan fingerprint density at radius 3 is 2.72 bits per heavy atom. The van der Waals surface area contributed by atoms with Crippen LogP contribution in [-0.2, 0) is 11.2 Å². The highest BCUT2D eigenvalue weighted by Crippen LogP contribution is 2.61. The molecule has 0 radical (unpaired) electrons. The SMILES string of the molecule is Cc1cn(-c2ccc(-c3cn(C4CC45CCc4c(F)cccc4N(C)C5=O)nn3)cc2OCC(F)(F)F)cn1. The van der Waals surface area contributed by atoms with E-state index in [0.29, 0.717) is 53.2 Å². The maximum absolute atomic E-state index is 14.5. The van der Waals surface area contributed by atoms with E-state index in [2.05, 4.69) is 15.3 Å². The Balaban J connectivity index is 1.28. The summed E-state index contributed by atoms with van der Waals surface area (Å²) in [6.45, 7) is 0.322. The first-order valence-electron chi connectivity index (χ1n) is 12.4. The second kappa shape index (κ2) is 8.92. The van der Waals surface area contributed by atoms with E-state index in [9.17, 15) is 22.4 Å². The van der Waals surface area contributed by atoms with Crippen molar-refractivity contribution >= 4 is 11.6 Å². The van der Waals surface area contributed by atoms with E-state index >= 15 is 0 Å². The number of hydrogen-bond acceptors (Lipinski definition) is 5. The highest BCUT2D eigenvalue weighted by Gasteiger charge is 2.63. The van der Waals surface area contributed by atoms with Crippen molar-refractivity contribution < 1.29 is 27.1 Å². The summed E-state index contributed by atoms with van der Waals surface area (Å²) in [4.78, 5) is 19.1. The molecule has 1 fully saturated rings. The Kier molecular flexibility index (Phi) is 5.74. The quantitative estimate of drug-likeness (QED) is 0.331. The number of halogens is 4. The lowest BCUT2D eigenvalue weighted by atomic mass is 9.96. The summed E-state index contributed by atoms with van der Waals surface area (Å²) in [7, 11) is 1.65. The van der Waals surface area contributed by atoms with Gasteiger partial charge in [0.15, 0.2) is 6.61 Å². The molecule has 4 aromatic rings. The van der Waals surface area contributed by atoms with Crippen LogP contribution in [0, 0.1) is 18.2 Å². The monoisotopic (exact) mass is 540 g/mol. The minimum atomic E-state index is -4.51. The highest BCUT2D eigenvalue weighted by atomic mass is 19.4. The molecule has 1 saturated carbocycles. The van der Waals surface area contributed by atoms with Crippen LogP contribution in [-0.4, -0.2) is 50.3 Å². The zero-order valence-electron chi connectivity index (χ0n) is 21.1. The van der Waals surface area contributed by atoms with Gasteiger partial charge in [0.25, 0.3) is 0 Å². The van der Waals surface area contributed by atoms with Gasteiger partial charge in [0, 0.05) is 30.1 Å². The van der Waals surface area contributed by atoms with Crippen LogP contribution in [0.4, 0.5) is 23.2 Å². The molecule has 2 aromatic carbocycles. The van der Waals surface area contributed by atoms with Gasteiger partial charge in [-0.15, -0.1) is 5.10 Å². The third kappa shape index (κ3) is 4.43. The van der Waals surface area contributed by atoms with Crippen LogP contribution in [0.1, 0.15) is 30.1 Å². The van der Waals surface area contributed by atoms with Crippen molar-refractivity contribution in [3.63, 3.8) is 0 Å². The molecule has 2 unspecified atom stereocenters. The first-order valence-corrected chi connectivity index (χ1v) is 12.4. The molecule has 202 valence electrons. The molecule has 0 saturated heterocycles. The number of carbonyl (C=O) groups is 1. The fraction of sp³-hybridized carbons (Fsp3) is 0.333. The lowest BCUT2D eigenvalue weighted by Crippen LogP contribution is -2.34. The van der Waals surface area contributed by atoms with Crippen LogP contribution >= 0.6 is 0 Å². The highest BCUT2D eigenvalue weighted by molar-refractivity contribution is 6.01. The average Bonchev–Trinajstić information content (AvgIpc) is 3.21. The lowest BCUT2D eigenvalue weighted by Gasteiger charge is -2.21. The fourth-order valence-electron chi connectivity index (χ4n) is 5.41. The van der Waals surface area contributed by atoms with Gasteiger partial charge in [-0.25, -0.2) is 14.1 Å². The number of anilines is 1. The maximum atomic E-state index is 14.5. The van der Waals surface area contributed by atoms with Crippen LogP contribution in [0.3, 0.4) is 0 Å². The van der Waals surface area contributed by atoms with Crippen molar-refractivity contribution in [2.24, 2.45) is 5.41 Å². The lowest BCUT2D eigenvalue weighted by molar-refractivity contribution is -0.153. The predicted molar refractivity (Wildman–Crippen MR) is 133 cm³/mol. The summed E-state index contributed by atoms with van der Waals surface area (Å²) >= 11 is 0.